The molecule has 0 radical (unpaired) electrons. The second-order valence-corrected chi connectivity index (χ2v) is 3.17. The van der Waals surface area contributed by atoms with Crippen molar-refractivity contribution >= 4 is 11.6 Å². The molecular weight excluding hydrogens is 158 g/mol. The monoisotopic (exact) mass is 169 g/mol. The number of hydrogen-bond acceptors (Lipinski definition) is 1. The molecule has 1 unspecified atom stereocenters. The van der Waals surface area contributed by atoms with Gasteiger partial charge in [-0.2, -0.15) is 0 Å². The standard InChI is InChI=1S/C9H12ClN/c1-3-8-5-4-6-11-9(8)7(2)10/h4-7H,3H2,1-2H3. The first kappa shape index (κ1) is 8.54. The number of nitrogens with zero attached hydrogens (tertiary/aromatic N) is 1. The van der Waals surface area contributed by atoms with Gasteiger partial charge in [-0.1, -0.05) is 13.0 Å². The summed E-state index contributed by atoms with van der Waals surface area (Å²) < 4.78 is 0. The van der Waals surface area contributed by atoms with Crippen LogP contribution in [0, 0.1) is 0 Å². The van der Waals surface area contributed by atoms with Crippen molar-refractivity contribution in [1.29, 1.82) is 0 Å². The Morgan fingerprint density at radius 2 is 2.36 bits per heavy atom. The minimum absolute atomic E-state index is 0.0196. The Hall–Kier alpha value is -0.560. The number of hydrogen-bond donors (Lipinski definition) is 0. The molecule has 2 heteroatoms. The van der Waals surface area contributed by atoms with Crippen molar-refractivity contribution < 1.29 is 0 Å². The maximum atomic E-state index is 5.92. The molecule has 60 valence electrons. The smallest absolute Gasteiger partial charge is 0.0732 e. The summed E-state index contributed by atoms with van der Waals surface area (Å²) in [5, 5.41) is 0.0196. The maximum Gasteiger partial charge on any atom is 0.0732 e. The van der Waals surface area contributed by atoms with Crippen LogP contribution < -0.4 is 0 Å². The number of aryl methyl sites for hydroxylation is 1. The summed E-state index contributed by atoms with van der Waals surface area (Å²) in [7, 11) is 0. The van der Waals surface area contributed by atoms with E-state index >= 15 is 0 Å². The molecule has 1 heterocycles. The first-order chi connectivity index (χ1) is 5.25. The summed E-state index contributed by atoms with van der Waals surface area (Å²) in [6, 6.07) is 4.02. The summed E-state index contributed by atoms with van der Waals surface area (Å²) in [6.45, 7) is 4.06. The third kappa shape index (κ3) is 1.93. The minimum atomic E-state index is 0.0196. The van der Waals surface area contributed by atoms with Crippen LogP contribution in [0.15, 0.2) is 18.3 Å². The highest BCUT2D eigenvalue weighted by atomic mass is 35.5. The minimum Gasteiger partial charge on any atom is -0.259 e. The van der Waals surface area contributed by atoms with Crippen LogP contribution in [0.25, 0.3) is 0 Å². The van der Waals surface area contributed by atoms with E-state index in [4.69, 9.17) is 11.6 Å². The number of halogens is 1. The molecule has 0 aromatic carbocycles. The average molecular weight is 170 g/mol. The highest BCUT2D eigenvalue weighted by molar-refractivity contribution is 6.20. The van der Waals surface area contributed by atoms with Gasteiger partial charge in [-0.05, 0) is 25.0 Å². The lowest BCUT2D eigenvalue weighted by molar-refractivity contribution is 0.937. The molecule has 1 aromatic rings. The molecule has 0 aliphatic heterocycles. The topological polar surface area (TPSA) is 12.9 Å². The molecule has 0 N–H and O–H groups in total. The molecule has 0 spiro atoms. The van der Waals surface area contributed by atoms with Crippen LogP contribution in [0.2, 0.25) is 0 Å². The van der Waals surface area contributed by atoms with Gasteiger partial charge in [0.05, 0.1) is 11.1 Å². The van der Waals surface area contributed by atoms with E-state index in [0.29, 0.717) is 0 Å². The predicted molar refractivity (Wildman–Crippen MR) is 47.9 cm³/mol. The molecular formula is C9H12ClN. The Morgan fingerprint density at radius 3 is 2.82 bits per heavy atom. The van der Waals surface area contributed by atoms with Crippen molar-refractivity contribution in [3.05, 3.63) is 29.6 Å². The third-order valence-electron chi connectivity index (χ3n) is 1.68. The molecule has 1 rings (SSSR count). The fourth-order valence-electron chi connectivity index (χ4n) is 1.11. The molecule has 0 aliphatic carbocycles. The van der Waals surface area contributed by atoms with Gasteiger partial charge in [-0.3, -0.25) is 4.98 Å². The fourth-order valence-corrected chi connectivity index (χ4v) is 1.30. The quantitative estimate of drug-likeness (QED) is 0.621. The van der Waals surface area contributed by atoms with Gasteiger partial charge >= 0.3 is 0 Å². The van der Waals surface area contributed by atoms with Crippen molar-refractivity contribution in [1.82, 2.24) is 4.98 Å². The average Bonchev–Trinajstić information content (AvgIpc) is 2.04. The van der Waals surface area contributed by atoms with Crippen molar-refractivity contribution in [3.8, 4) is 0 Å². The van der Waals surface area contributed by atoms with Crippen molar-refractivity contribution in [3.63, 3.8) is 0 Å². The second kappa shape index (κ2) is 3.72. The van der Waals surface area contributed by atoms with Crippen LogP contribution >= 0.6 is 11.6 Å². The molecule has 0 bridgehead atoms. The van der Waals surface area contributed by atoms with E-state index in [-0.39, 0.29) is 5.38 Å². The van der Waals surface area contributed by atoms with Crippen LogP contribution in [0.3, 0.4) is 0 Å². The largest absolute Gasteiger partial charge is 0.259 e. The molecule has 0 amide bonds. The summed E-state index contributed by atoms with van der Waals surface area (Å²) in [5.41, 5.74) is 2.26. The van der Waals surface area contributed by atoms with Gasteiger partial charge in [-0.15, -0.1) is 11.6 Å². The first-order valence-electron chi connectivity index (χ1n) is 3.83. The van der Waals surface area contributed by atoms with Crippen LogP contribution in [-0.4, -0.2) is 4.98 Å². The molecule has 0 fully saturated rings. The Morgan fingerprint density at radius 1 is 1.64 bits per heavy atom. The van der Waals surface area contributed by atoms with Gasteiger partial charge in [0.1, 0.15) is 0 Å². The van der Waals surface area contributed by atoms with Crippen LogP contribution in [0.4, 0.5) is 0 Å². The van der Waals surface area contributed by atoms with Gasteiger partial charge in [0, 0.05) is 6.20 Å². The lowest BCUT2D eigenvalue weighted by atomic mass is 10.1. The number of aromatic nitrogens is 1. The summed E-state index contributed by atoms with van der Waals surface area (Å²) >= 11 is 5.92. The maximum absolute atomic E-state index is 5.92. The van der Waals surface area contributed by atoms with E-state index in [2.05, 4.69) is 18.0 Å². The second-order valence-electron chi connectivity index (χ2n) is 2.52. The lowest BCUT2D eigenvalue weighted by Gasteiger charge is -2.06. The predicted octanol–water partition coefficient (Wildman–Crippen LogP) is 2.94. The first-order valence-corrected chi connectivity index (χ1v) is 4.27. The van der Waals surface area contributed by atoms with Crippen molar-refractivity contribution in [2.75, 3.05) is 0 Å². The van der Waals surface area contributed by atoms with E-state index in [0.717, 1.165) is 12.1 Å². The van der Waals surface area contributed by atoms with Gasteiger partial charge in [0.25, 0.3) is 0 Å². The van der Waals surface area contributed by atoms with E-state index in [9.17, 15) is 0 Å². The summed E-state index contributed by atoms with van der Waals surface area (Å²) in [5.74, 6) is 0. The fraction of sp³-hybridized carbons (Fsp3) is 0.444. The van der Waals surface area contributed by atoms with E-state index in [1.165, 1.54) is 5.56 Å². The molecule has 0 saturated heterocycles. The zero-order chi connectivity index (χ0) is 8.27. The Bertz CT molecular complexity index is 233. The molecule has 1 nitrogen and oxygen atoms in total. The van der Waals surface area contributed by atoms with E-state index < -0.39 is 0 Å². The molecule has 1 aromatic heterocycles. The number of pyridine rings is 1. The molecule has 0 aliphatic rings. The van der Waals surface area contributed by atoms with E-state index in [1.54, 1.807) is 6.20 Å². The number of alkyl halides is 1. The molecule has 0 saturated carbocycles. The van der Waals surface area contributed by atoms with E-state index in [1.807, 2.05) is 13.0 Å². The third-order valence-corrected chi connectivity index (χ3v) is 1.89. The van der Waals surface area contributed by atoms with Gasteiger partial charge in [0.2, 0.25) is 0 Å². The van der Waals surface area contributed by atoms with Crippen LogP contribution in [-0.2, 0) is 6.42 Å². The zero-order valence-corrected chi connectivity index (χ0v) is 7.60. The molecule has 1 atom stereocenters. The number of rotatable bonds is 2. The Labute approximate surface area is 72.4 Å². The highest BCUT2D eigenvalue weighted by Gasteiger charge is 2.06. The van der Waals surface area contributed by atoms with Crippen LogP contribution in [0.1, 0.15) is 30.5 Å². The highest BCUT2D eigenvalue weighted by Crippen LogP contribution is 2.20. The normalized spacial score (nSPS) is 13.0. The van der Waals surface area contributed by atoms with Crippen molar-refractivity contribution in [2.24, 2.45) is 0 Å². The van der Waals surface area contributed by atoms with Gasteiger partial charge in [-0.25, -0.2) is 0 Å². The van der Waals surface area contributed by atoms with Gasteiger partial charge in [0.15, 0.2) is 0 Å². The Kier molecular flexibility index (Phi) is 2.89. The zero-order valence-electron chi connectivity index (χ0n) is 6.84. The van der Waals surface area contributed by atoms with Crippen molar-refractivity contribution in [2.45, 2.75) is 25.6 Å². The van der Waals surface area contributed by atoms with Crippen LogP contribution in [0.5, 0.6) is 0 Å². The summed E-state index contributed by atoms with van der Waals surface area (Å²) in [4.78, 5) is 4.22. The molecule has 11 heavy (non-hydrogen) atoms. The Balaban J connectivity index is 3.02. The lowest BCUT2D eigenvalue weighted by Crippen LogP contribution is -1.95. The van der Waals surface area contributed by atoms with Gasteiger partial charge < -0.3 is 0 Å². The summed E-state index contributed by atoms with van der Waals surface area (Å²) in [6.07, 6.45) is 2.79. The SMILES string of the molecule is CCc1cccnc1C(C)Cl.